The molecule has 80 valence electrons. The van der Waals surface area contributed by atoms with Gasteiger partial charge in [0.2, 0.25) is 0 Å². The largest absolute Gasteiger partial charge is 0.364 e. The molecule has 0 bridgehead atoms. The second kappa shape index (κ2) is 4.28. The number of nitrogens with zero attached hydrogens (tertiary/aromatic N) is 1. The van der Waals surface area contributed by atoms with Crippen LogP contribution in [0.3, 0.4) is 0 Å². The van der Waals surface area contributed by atoms with E-state index in [0.29, 0.717) is 11.9 Å². The Morgan fingerprint density at radius 3 is 3.00 bits per heavy atom. The minimum absolute atomic E-state index is 0.547. The van der Waals surface area contributed by atoms with Gasteiger partial charge in [0, 0.05) is 24.2 Å². The van der Waals surface area contributed by atoms with Crippen molar-refractivity contribution >= 4 is 17.3 Å². The number of fused-ring (bicyclic) bond motifs is 1. The molecule has 1 aromatic carbocycles. The fraction of sp³-hybridized carbons (Fsp3) is 0.385. The summed E-state index contributed by atoms with van der Waals surface area (Å²) in [5.74, 6) is 0.547. The summed E-state index contributed by atoms with van der Waals surface area (Å²) >= 11 is 5.78. The third kappa shape index (κ3) is 2.03. The lowest BCUT2D eigenvalue weighted by atomic mass is 10.1. The van der Waals surface area contributed by atoms with Crippen LogP contribution in [-0.2, 0) is 6.42 Å². The van der Waals surface area contributed by atoms with E-state index in [0.717, 1.165) is 18.5 Å². The number of hydrogen-bond acceptors (Lipinski definition) is 1. The molecule has 1 heterocycles. The third-order valence-corrected chi connectivity index (χ3v) is 3.31. The Morgan fingerprint density at radius 1 is 1.53 bits per heavy atom. The summed E-state index contributed by atoms with van der Waals surface area (Å²) in [6, 6.07) is 9.14. The van der Waals surface area contributed by atoms with E-state index in [1.807, 2.05) is 0 Å². The van der Waals surface area contributed by atoms with Gasteiger partial charge in [0.15, 0.2) is 0 Å². The van der Waals surface area contributed by atoms with Gasteiger partial charge in [-0.25, -0.2) is 0 Å². The SMILES string of the molecule is C=C(CCl)CN1c2ccccc2CC1C. The van der Waals surface area contributed by atoms with E-state index in [1.54, 1.807) is 0 Å². The Morgan fingerprint density at radius 2 is 2.27 bits per heavy atom. The van der Waals surface area contributed by atoms with Crippen molar-refractivity contribution in [1.82, 2.24) is 0 Å². The van der Waals surface area contributed by atoms with Gasteiger partial charge in [-0.1, -0.05) is 24.8 Å². The first-order valence-corrected chi connectivity index (χ1v) is 5.83. The molecule has 0 aromatic heterocycles. The lowest BCUT2D eigenvalue weighted by molar-refractivity contribution is 0.698. The van der Waals surface area contributed by atoms with E-state index in [1.165, 1.54) is 11.3 Å². The predicted molar refractivity (Wildman–Crippen MR) is 66.8 cm³/mol. The van der Waals surface area contributed by atoms with Crippen LogP contribution in [-0.4, -0.2) is 18.5 Å². The number of alkyl halides is 1. The number of hydrogen-bond donors (Lipinski definition) is 0. The lowest BCUT2D eigenvalue weighted by Gasteiger charge is -2.25. The van der Waals surface area contributed by atoms with Gasteiger partial charge in [-0.05, 0) is 30.5 Å². The van der Waals surface area contributed by atoms with E-state index in [2.05, 4.69) is 42.7 Å². The lowest BCUT2D eigenvalue weighted by Crippen LogP contribution is -2.31. The molecule has 15 heavy (non-hydrogen) atoms. The smallest absolute Gasteiger partial charge is 0.0448 e. The maximum Gasteiger partial charge on any atom is 0.0448 e. The molecule has 1 nitrogen and oxygen atoms in total. The summed E-state index contributed by atoms with van der Waals surface area (Å²) in [4.78, 5) is 2.39. The van der Waals surface area contributed by atoms with Crippen LogP contribution in [0.5, 0.6) is 0 Å². The molecule has 1 aromatic rings. The van der Waals surface area contributed by atoms with Crippen LogP contribution < -0.4 is 4.90 Å². The molecule has 2 rings (SSSR count). The molecule has 1 aliphatic heterocycles. The van der Waals surface area contributed by atoms with Crippen LogP contribution in [0, 0.1) is 0 Å². The average molecular weight is 222 g/mol. The van der Waals surface area contributed by atoms with Crippen LogP contribution in [0.4, 0.5) is 5.69 Å². The van der Waals surface area contributed by atoms with Gasteiger partial charge in [0.1, 0.15) is 0 Å². The van der Waals surface area contributed by atoms with E-state index >= 15 is 0 Å². The van der Waals surface area contributed by atoms with Crippen LogP contribution in [0.1, 0.15) is 12.5 Å². The van der Waals surface area contributed by atoms with Crippen molar-refractivity contribution < 1.29 is 0 Å². The summed E-state index contributed by atoms with van der Waals surface area (Å²) in [5.41, 5.74) is 3.86. The topological polar surface area (TPSA) is 3.24 Å². The molecule has 1 atom stereocenters. The Hall–Kier alpha value is -0.950. The van der Waals surface area contributed by atoms with Gasteiger partial charge < -0.3 is 4.90 Å². The van der Waals surface area contributed by atoms with Gasteiger partial charge in [0.05, 0.1) is 0 Å². The molecule has 1 unspecified atom stereocenters. The predicted octanol–water partition coefficient (Wildman–Crippen LogP) is 3.23. The first kappa shape index (κ1) is 10.6. The molecule has 0 radical (unpaired) electrons. The van der Waals surface area contributed by atoms with E-state index in [4.69, 9.17) is 11.6 Å². The van der Waals surface area contributed by atoms with Gasteiger partial charge in [-0.2, -0.15) is 0 Å². The third-order valence-electron chi connectivity index (χ3n) is 2.93. The molecule has 2 heteroatoms. The zero-order valence-electron chi connectivity index (χ0n) is 9.04. The zero-order valence-corrected chi connectivity index (χ0v) is 9.80. The Bertz CT molecular complexity index is 373. The van der Waals surface area contributed by atoms with Crippen LogP contribution >= 0.6 is 11.6 Å². The summed E-state index contributed by atoms with van der Waals surface area (Å²) in [7, 11) is 0. The number of para-hydroxylation sites is 1. The van der Waals surface area contributed by atoms with Crippen LogP contribution in [0.2, 0.25) is 0 Å². The molecule has 0 aliphatic carbocycles. The van der Waals surface area contributed by atoms with Crippen LogP contribution in [0.15, 0.2) is 36.4 Å². The number of anilines is 1. The van der Waals surface area contributed by atoms with Gasteiger partial charge in [-0.15, -0.1) is 11.6 Å². The second-order valence-electron chi connectivity index (χ2n) is 4.19. The minimum Gasteiger partial charge on any atom is -0.364 e. The Kier molecular flexibility index (Phi) is 3.01. The number of halogens is 1. The Labute approximate surface area is 96.4 Å². The summed E-state index contributed by atoms with van der Waals surface area (Å²) in [5, 5.41) is 0. The quantitative estimate of drug-likeness (QED) is 0.560. The summed E-state index contributed by atoms with van der Waals surface area (Å²) in [6.45, 7) is 7.10. The summed E-state index contributed by atoms with van der Waals surface area (Å²) in [6.07, 6.45) is 1.13. The van der Waals surface area contributed by atoms with Gasteiger partial charge >= 0.3 is 0 Å². The van der Waals surface area contributed by atoms with Crippen molar-refractivity contribution in [3.8, 4) is 0 Å². The second-order valence-corrected chi connectivity index (χ2v) is 4.46. The first-order valence-electron chi connectivity index (χ1n) is 5.29. The molecular weight excluding hydrogens is 206 g/mol. The van der Waals surface area contributed by atoms with E-state index in [9.17, 15) is 0 Å². The fourth-order valence-electron chi connectivity index (χ4n) is 2.15. The van der Waals surface area contributed by atoms with Crippen LogP contribution in [0.25, 0.3) is 0 Å². The Balaban J connectivity index is 2.22. The van der Waals surface area contributed by atoms with Crippen molar-refractivity contribution in [1.29, 1.82) is 0 Å². The monoisotopic (exact) mass is 221 g/mol. The van der Waals surface area contributed by atoms with Crippen molar-refractivity contribution in [2.45, 2.75) is 19.4 Å². The van der Waals surface area contributed by atoms with E-state index < -0.39 is 0 Å². The highest BCUT2D eigenvalue weighted by Crippen LogP contribution is 2.32. The van der Waals surface area contributed by atoms with Gasteiger partial charge in [0.25, 0.3) is 0 Å². The highest BCUT2D eigenvalue weighted by Gasteiger charge is 2.25. The first-order chi connectivity index (χ1) is 7.22. The number of rotatable bonds is 3. The fourth-order valence-corrected chi connectivity index (χ4v) is 2.24. The molecule has 0 amide bonds. The van der Waals surface area contributed by atoms with Crippen molar-refractivity contribution in [2.24, 2.45) is 0 Å². The van der Waals surface area contributed by atoms with Crippen molar-refractivity contribution in [3.05, 3.63) is 42.0 Å². The highest BCUT2D eigenvalue weighted by atomic mass is 35.5. The maximum atomic E-state index is 5.78. The highest BCUT2D eigenvalue weighted by molar-refractivity contribution is 6.19. The zero-order chi connectivity index (χ0) is 10.8. The van der Waals surface area contributed by atoms with E-state index in [-0.39, 0.29) is 0 Å². The molecule has 0 saturated carbocycles. The minimum atomic E-state index is 0.547. The molecule has 0 N–H and O–H groups in total. The van der Waals surface area contributed by atoms with Crippen molar-refractivity contribution in [3.63, 3.8) is 0 Å². The summed E-state index contributed by atoms with van der Waals surface area (Å²) < 4.78 is 0. The molecule has 0 spiro atoms. The molecule has 1 aliphatic rings. The molecular formula is C13H16ClN. The average Bonchev–Trinajstić information content (AvgIpc) is 2.55. The maximum absolute atomic E-state index is 5.78. The molecule has 0 saturated heterocycles. The standard InChI is InChI=1S/C13H16ClN/c1-10(8-14)9-15-11(2)7-12-5-3-4-6-13(12)15/h3-6,11H,1,7-9H2,2H3. The molecule has 0 fully saturated rings. The normalized spacial score (nSPS) is 19.1. The number of benzene rings is 1. The van der Waals surface area contributed by atoms with Crippen molar-refractivity contribution in [2.75, 3.05) is 17.3 Å². The van der Waals surface area contributed by atoms with Gasteiger partial charge in [-0.3, -0.25) is 0 Å².